The molecule has 1 unspecified atom stereocenters. The Hall–Kier alpha value is -3.41. The van der Waals surface area contributed by atoms with E-state index in [4.69, 9.17) is 4.74 Å². The third-order valence-electron chi connectivity index (χ3n) is 4.95. The number of carbonyl (C=O) groups is 1. The van der Waals surface area contributed by atoms with Gasteiger partial charge in [0.15, 0.2) is 0 Å². The molecule has 28 heavy (non-hydrogen) atoms. The van der Waals surface area contributed by atoms with Gasteiger partial charge in [-0.3, -0.25) is 4.98 Å². The summed E-state index contributed by atoms with van der Waals surface area (Å²) in [6.45, 7) is 1.17. The van der Waals surface area contributed by atoms with E-state index in [1.165, 1.54) is 30.6 Å². The molecule has 1 aliphatic rings. The number of hydrogen-bond donors (Lipinski definition) is 2. The number of nitrogens with zero attached hydrogens (tertiary/aromatic N) is 1. The van der Waals surface area contributed by atoms with Crippen LogP contribution in [-0.4, -0.2) is 29.2 Å². The molecule has 0 saturated carbocycles. The third kappa shape index (κ3) is 3.67. The maximum absolute atomic E-state index is 13.2. The lowest BCUT2D eigenvalue weighted by atomic mass is 9.91. The second kappa shape index (κ2) is 7.68. The minimum atomic E-state index is -0.985. The number of pyridine rings is 1. The topological polar surface area (TPSA) is 71.5 Å². The summed E-state index contributed by atoms with van der Waals surface area (Å²) < 4.78 is 19.0. The summed E-state index contributed by atoms with van der Waals surface area (Å²) in [4.78, 5) is 15.4. The Kier molecular flexibility index (Phi) is 4.93. The van der Waals surface area contributed by atoms with Crippen molar-refractivity contribution in [2.75, 3.05) is 18.5 Å². The zero-order chi connectivity index (χ0) is 19.5. The van der Waals surface area contributed by atoms with Crippen LogP contribution in [-0.2, 0) is 0 Å². The lowest BCUT2D eigenvalue weighted by Gasteiger charge is -2.27. The van der Waals surface area contributed by atoms with E-state index >= 15 is 0 Å². The van der Waals surface area contributed by atoms with Crippen LogP contribution < -0.4 is 10.1 Å². The number of aromatic nitrogens is 1. The van der Waals surface area contributed by atoms with Crippen molar-refractivity contribution < 1.29 is 19.0 Å². The molecular weight excluding hydrogens is 359 g/mol. The molecule has 0 radical (unpaired) electrons. The zero-order valence-corrected chi connectivity index (χ0v) is 15.1. The second-order valence-electron chi connectivity index (χ2n) is 6.70. The molecule has 5 nitrogen and oxygen atoms in total. The van der Waals surface area contributed by atoms with Crippen LogP contribution in [0.25, 0.3) is 11.1 Å². The molecular formula is C22H19FN2O3. The molecule has 2 heterocycles. The Morgan fingerprint density at radius 2 is 1.96 bits per heavy atom. The van der Waals surface area contributed by atoms with Crippen molar-refractivity contribution in [3.8, 4) is 16.9 Å². The van der Waals surface area contributed by atoms with Gasteiger partial charge in [0.25, 0.3) is 0 Å². The number of carboxylic acids is 1. The highest BCUT2D eigenvalue weighted by atomic mass is 19.1. The van der Waals surface area contributed by atoms with E-state index in [1.807, 2.05) is 18.2 Å². The number of fused-ring (bicyclic) bond motifs is 1. The number of aromatic carboxylic acids is 1. The van der Waals surface area contributed by atoms with Crippen molar-refractivity contribution in [3.63, 3.8) is 0 Å². The molecule has 0 fully saturated rings. The summed E-state index contributed by atoms with van der Waals surface area (Å²) in [5.74, 6) is -0.251. The van der Waals surface area contributed by atoms with Gasteiger partial charge in [0.1, 0.15) is 11.6 Å². The normalized spacial score (nSPS) is 15.4. The first-order valence-electron chi connectivity index (χ1n) is 9.05. The van der Waals surface area contributed by atoms with Crippen molar-refractivity contribution in [2.24, 2.45) is 0 Å². The predicted molar refractivity (Wildman–Crippen MR) is 104 cm³/mol. The van der Waals surface area contributed by atoms with E-state index in [9.17, 15) is 14.3 Å². The van der Waals surface area contributed by atoms with Gasteiger partial charge in [0, 0.05) is 18.7 Å². The van der Waals surface area contributed by atoms with Crippen LogP contribution in [0, 0.1) is 5.82 Å². The van der Waals surface area contributed by atoms with Crippen molar-refractivity contribution >= 4 is 11.7 Å². The van der Waals surface area contributed by atoms with E-state index in [0.717, 1.165) is 28.9 Å². The third-order valence-corrected chi connectivity index (χ3v) is 4.95. The smallest absolute Gasteiger partial charge is 0.337 e. The Balaban J connectivity index is 1.54. The molecule has 0 amide bonds. The van der Waals surface area contributed by atoms with Crippen molar-refractivity contribution in [2.45, 2.75) is 12.3 Å². The average Bonchev–Trinajstić information content (AvgIpc) is 2.72. The fourth-order valence-electron chi connectivity index (χ4n) is 3.45. The fourth-order valence-corrected chi connectivity index (χ4v) is 3.45. The standard InChI is InChI=1S/C22H19FN2O3/c23-17-4-1-14(2-5-17)15-3-6-18-16(8-10-28-21(18)11-15)12-25-20-13-24-9-7-19(20)22(26)27/h1-7,9,11,13,16,25H,8,10,12H2,(H,26,27). The first-order valence-corrected chi connectivity index (χ1v) is 9.05. The lowest BCUT2D eigenvalue weighted by molar-refractivity contribution is 0.0697. The summed E-state index contributed by atoms with van der Waals surface area (Å²) in [7, 11) is 0. The van der Waals surface area contributed by atoms with Crippen molar-refractivity contribution in [1.82, 2.24) is 4.98 Å². The molecule has 0 spiro atoms. The first kappa shape index (κ1) is 18.0. The summed E-state index contributed by atoms with van der Waals surface area (Å²) in [6.07, 6.45) is 3.83. The first-order chi connectivity index (χ1) is 13.6. The number of hydrogen-bond acceptors (Lipinski definition) is 4. The Morgan fingerprint density at radius 1 is 1.18 bits per heavy atom. The highest BCUT2D eigenvalue weighted by Gasteiger charge is 2.22. The van der Waals surface area contributed by atoms with Crippen molar-refractivity contribution in [3.05, 3.63) is 77.9 Å². The average molecular weight is 378 g/mol. The van der Waals surface area contributed by atoms with Crippen molar-refractivity contribution in [1.29, 1.82) is 0 Å². The van der Waals surface area contributed by atoms with E-state index in [-0.39, 0.29) is 17.3 Å². The number of ether oxygens (including phenoxy) is 1. The van der Waals surface area contributed by atoms with Crippen LogP contribution in [0.3, 0.4) is 0 Å². The number of anilines is 1. The zero-order valence-electron chi connectivity index (χ0n) is 15.1. The molecule has 0 aliphatic carbocycles. The van der Waals surface area contributed by atoms with Crippen LogP contribution in [0.5, 0.6) is 5.75 Å². The van der Waals surface area contributed by atoms with Gasteiger partial charge in [-0.25, -0.2) is 9.18 Å². The number of nitrogens with one attached hydrogen (secondary N) is 1. The number of benzene rings is 2. The molecule has 1 aromatic heterocycles. The van der Waals surface area contributed by atoms with Crippen LogP contribution >= 0.6 is 0 Å². The Labute approximate surface area is 161 Å². The minimum Gasteiger partial charge on any atom is -0.493 e. The number of halogens is 1. The predicted octanol–water partition coefficient (Wildman–Crippen LogP) is 4.56. The monoisotopic (exact) mass is 378 g/mol. The molecule has 142 valence electrons. The van der Waals surface area contributed by atoms with Gasteiger partial charge < -0.3 is 15.2 Å². The molecule has 2 aromatic carbocycles. The molecule has 3 aromatic rings. The van der Waals surface area contributed by atoms with Gasteiger partial charge in [-0.1, -0.05) is 24.3 Å². The molecule has 1 atom stereocenters. The van der Waals surface area contributed by atoms with E-state index in [2.05, 4.69) is 10.3 Å². The van der Waals surface area contributed by atoms with Gasteiger partial charge in [0.05, 0.1) is 24.1 Å². The van der Waals surface area contributed by atoms with Gasteiger partial charge in [-0.2, -0.15) is 0 Å². The molecule has 2 N–H and O–H groups in total. The van der Waals surface area contributed by atoms with E-state index in [1.54, 1.807) is 12.1 Å². The summed E-state index contributed by atoms with van der Waals surface area (Å²) >= 11 is 0. The Morgan fingerprint density at radius 3 is 2.75 bits per heavy atom. The van der Waals surface area contributed by atoms with Crippen LogP contribution in [0.2, 0.25) is 0 Å². The quantitative estimate of drug-likeness (QED) is 0.681. The Bertz CT molecular complexity index is 1000. The largest absolute Gasteiger partial charge is 0.493 e. The molecule has 4 rings (SSSR count). The van der Waals surface area contributed by atoms with Gasteiger partial charge in [-0.05, 0) is 47.4 Å². The summed E-state index contributed by atoms with van der Waals surface area (Å²) in [6, 6.07) is 13.9. The maximum Gasteiger partial charge on any atom is 0.337 e. The summed E-state index contributed by atoms with van der Waals surface area (Å²) in [5.41, 5.74) is 3.67. The van der Waals surface area contributed by atoms with Crippen LogP contribution in [0.4, 0.5) is 10.1 Å². The van der Waals surface area contributed by atoms with E-state index in [0.29, 0.717) is 18.8 Å². The maximum atomic E-state index is 13.2. The van der Waals surface area contributed by atoms with Gasteiger partial charge >= 0.3 is 5.97 Å². The number of carboxylic acid groups (broad SMARTS) is 1. The van der Waals surface area contributed by atoms with Crippen LogP contribution in [0.1, 0.15) is 28.3 Å². The highest BCUT2D eigenvalue weighted by Crippen LogP contribution is 2.37. The van der Waals surface area contributed by atoms with Gasteiger partial charge in [0.2, 0.25) is 0 Å². The fraction of sp³-hybridized carbons (Fsp3) is 0.182. The molecule has 0 bridgehead atoms. The summed E-state index contributed by atoms with van der Waals surface area (Å²) in [5, 5.41) is 12.5. The van der Waals surface area contributed by atoms with Crippen LogP contribution in [0.15, 0.2) is 60.9 Å². The minimum absolute atomic E-state index is 0.188. The second-order valence-corrected chi connectivity index (χ2v) is 6.70. The number of rotatable bonds is 5. The highest BCUT2D eigenvalue weighted by molar-refractivity contribution is 5.93. The molecule has 0 saturated heterocycles. The lowest BCUT2D eigenvalue weighted by Crippen LogP contribution is -2.21. The van der Waals surface area contributed by atoms with Gasteiger partial charge in [-0.15, -0.1) is 0 Å². The van der Waals surface area contributed by atoms with E-state index < -0.39 is 5.97 Å². The molecule has 1 aliphatic heterocycles. The molecule has 6 heteroatoms. The SMILES string of the molecule is O=C(O)c1ccncc1NCC1CCOc2cc(-c3ccc(F)cc3)ccc21.